The first-order chi connectivity index (χ1) is 13.2. The van der Waals surface area contributed by atoms with Crippen LogP contribution in [0.2, 0.25) is 0 Å². The molecule has 3 heteroatoms. The molecule has 2 rings (SSSR count). The van der Waals surface area contributed by atoms with Crippen molar-refractivity contribution in [2.45, 2.75) is 84.6 Å². The quantitative estimate of drug-likeness (QED) is 0.321. The average Bonchev–Trinajstić information content (AvgIpc) is 2.70. The lowest BCUT2D eigenvalue weighted by atomic mass is 9.90. The summed E-state index contributed by atoms with van der Waals surface area (Å²) in [5.41, 5.74) is 1.38. The van der Waals surface area contributed by atoms with Gasteiger partial charge in [-0.2, -0.15) is 0 Å². The maximum atomic E-state index is 4.19. The Morgan fingerprint density at radius 1 is 0.821 bits per heavy atom. The van der Waals surface area contributed by atoms with Crippen LogP contribution in [0.4, 0.5) is 0 Å². The van der Waals surface area contributed by atoms with Crippen LogP contribution in [-0.4, -0.2) is 4.98 Å². The molecule has 0 aromatic carbocycles. The number of aromatic nitrogens is 2. The number of pyridine rings is 2. The van der Waals surface area contributed by atoms with Crippen LogP contribution in [0.1, 0.15) is 77.2 Å². The molecule has 2 atom stereocenters. The van der Waals surface area contributed by atoms with Crippen molar-refractivity contribution in [1.82, 2.24) is 4.98 Å². The van der Waals surface area contributed by atoms with Gasteiger partial charge in [0.05, 0.1) is 0 Å². The molecule has 2 nitrogen and oxygen atoms in total. The maximum Gasteiger partial charge on any atom is 0.168 e. The van der Waals surface area contributed by atoms with Crippen molar-refractivity contribution in [3.63, 3.8) is 0 Å². The third-order valence-corrected chi connectivity index (χ3v) is 5.60. The van der Waals surface area contributed by atoms with E-state index in [-0.39, 0.29) is 17.0 Å². The summed E-state index contributed by atoms with van der Waals surface area (Å²) in [5, 5.41) is 0. The highest BCUT2D eigenvalue weighted by atomic mass is 79.9. The van der Waals surface area contributed by atoms with Crippen LogP contribution in [0.5, 0.6) is 0 Å². The minimum absolute atomic E-state index is 0. The Bertz CT molecular complexity index is 588. The highest BCUT2D eigenvalue weighted by Gasteiger charge is 2.11. The van der Waals surface area contributed by atoms with E-state index in [1.807, 2.05) is 18.5 Å². The number of unbranched alkanes of at least 4 members (excludes halogenated alkanes) is 5. The second-order valence-corrected chi connectivity index (χ2v) is 8.37. The van der Waals surface area contributed by atoms with E-state index in [9.17, 15) is 0 Å². The van der Waals surface area contributed by atoms with Gasteiger partial charge in [0.15, 0.2) is 12.4 Å². The highest BCUT2D eigenvalue weighted by molar-refractivity contribution is 5.08. The van der Waals surface area contributed by atoms with Gasteiger partial charge in [-0.3, -0.25) is 4.98 Å². The lowest BCUT2D eigenvalue weighted by Crippen LogP contribution is -3.00. The number of halogens is 1. The van der Waals surface area contributed by atoms with Gasteiger partial charge in [-0.1, -0.05) is 64.5 Å². The molecular formula is C25H39BrN2. The van der Waals surface area contributed by atoms with Crippen LogP contribution >= 0.6 is 0 Å². The van der Waals surface area contributed by atoms with Crippen LogP contribution in [-0.2, 0) is 13.0 Å². The van der Waals surface area contributed by atoms with Crippen LogP contribution in [0.3, 0.4) is 0 Å². The SMILES string of the molecule is CC(CCCCCCCCc1cccnc1)CC(C)CC[n+]1ccccc1.[Br-]. The van der Waals surface area contributed by atoms with Crippen molar-refractivity contribution >= 4 is 0 Å². The Morgan fingerprint density at radius 3 is 2.21 bits per heavy atom. The first kappa shape index (κ1) is 24.8. The predicted molar refractivity (Wildman–Crippen MR) is 114 cm³/mol. The zero-order chi connectivity index (χ0) is 19.2. The summed E-state index contributed by atoms with van der Waals surface area (Å²) in [4.78, 5) is 4.19. The Kier molecular flexibility index (Phi) is 13.9. The Morgan fingerprint density at radius 2 is 1.50 bits per heavy atom. The molecule has 0 N–H and O–H groups in total. The lowest BCUT2D eigenvalue weighted by Gasteiger charge is -2.16. The molecule has 2 aromatic heterocycles. The molecule has 0 saturated heterocycles. The highest BCUT2D eigenvalue weighted by Crippen LogP contribution is 2.21. The third-order valence-electron chi connectivity index (χ3n) is 5.60. The van der Waals surface area contributed by atoms with E-state index < -0.39 is 0 Å². The molecule has 2 heterocycles. The van der Waals surface area contributed by atoms with Gasteiger partial charge >= 0.3 is 0 Å². The van der Waals surface area contributed by atoms with Crippen molar-refractivity contribution < 1.29 is 21.5 Å². The fourth-order valence-corrected chi connectivity index (χ4v) is 3.95. The van der Waals surface area contributed by atoms with E-state index in [4.69, 9.17) is 0 Å². The van der Waals surface area contributed by atoms with Gasteiger partial charge in [0, 0.05) is 30.9 Å². The van der Waals surface area contributed by atoms with Gasteiger partial charge in [-0.15, -0.1) is 0 Å². The van der Waals surface area contributed by atoms with Crippen molar-refractivity contribution in [3.8, 4) is 0 Å². The molecule has 0 bridgehead atoms. The van der Waals surface area contributed by atoms with E-state index in [2.05, 4.69) is 60.1 Å². The zero-order valence-corrected chi connectivity index (χ0v) is 19.5. The standard InChI is InChI=1S/C25H39N2.BrH/c1-23(21-24(2)16-20-27-18-10-7-11-19-27)13-8-5-3-4-6-9-14-25-15-12-17-26-22-25;/h7,10-12,15,17-19,22-24H,3-6,8-9,13-14,16,20-21H2,1-2H3;1H/q+1;/p-1. The van der Waals surface area contributed by atoms with E-state index in [0.717, 1.165) is 18.4 Å². The predicted octanol–water partition coefficient (Wildman–Crippen LogP) is 3.40. The minimum atomic E-state index is 0. The molecule has 0 aliphatic carbocycles. The number of rotatable bonds is 14. The van der Waals surface area contributed by atoms with Crippen molar-refractivity contribution in [3.05, 3.63) is 60.7 Å². The molecule has 2 aromatic rings. The average molecular weight is 448 g/mol. The van der Waals surface area contributed by atoms with Crippen molar-refractivity contribution in [2.75, 3.05) is 0 Å². The van der Waals surface area contributed by atoms with E-state index in [1.54, 1.807) is 0 Å². The Hall–Kier alpha value is -1.22. The second-order valence-electron chi connectivity index (χ2n) is 8.37. The largest absolute Gasteiger partial charge is 1.00 e. The molecule has 0 saturated carbocycles. The lowest BCUT2D eigenvalue weighted by molar-refractivity contribution is -0.698. The summed E-state index contributed by atoms with van der Waals surface area (Å²) in [6.07, 6.45) is 21.7. The number of nitrogens with zero attached hydrogens (tertiary/aromatic N) is 2. The molecule has 0 amide bonds. The minimum Gasteiger partial charge on any atom is -1.00 e. The van der Waals surface area contributed by atoms with Gasteiger partial charge < -0.3 is 17.0 Å². The van der Waals surface area contributed by atoms with Gasteiger partial charge in [0.1, 0.15) is 6.54 Å². The second kappa shape index (κ2) is 15.7. The van der Waals surface area contributed by atoms with Crippen LogP contribution in [0, 0.1) is 11.8 Å². The van der Waals surface area contributed by atoms with Crippen molar-refractivity contribution in [1.29, 1.82) is 0 Å². The summed E-state index contributed by atoms with van der Waals surface area (Å²) in [7, 11) is 0. The van der Waals surface area contributed by atoms with Gasteiger partial charge in [0.2, 0.25) is 0 Å². The summed E-state index contributed by atoms with van der Waals surface area (Å²) in [6, 6.07) is 10.5. The summed E-state index contributed by atoms with van der Waals surface area (Å²) in [5.74, 6) is 1.69. The fraction of sp³-hybridized carbons (Fsp3) is 0.600. The topological polar surface area (TPSA) is 16.8 Å². The number of aryl methyl sites for hydroxylation is 2. The molecule has 156 valence electrons. The van der Waals surface area contributed by atoms with Crippen LogP contribution in [0.15, 0.2) is 55.1 Å². The van der Waals surface area contributed by atoms with Crippen LogP contribution in [0.25, 0.3) is 0 Å². The monoisotopic (exact) mass is 446 g/mol. The molecule has 0 radical (unpaired) electrons. The first-order valence-electron chi connectivity index (χ1n) is 11.1. The maximum absolute atomic E-state index is 4.19. The van der Waals surface area contributed by atoms with Gasteiger partial charge in [0.25, 0.3) is 0 Å². The Labute approximate surface area is 183 Å². The summed E-state index contributed by atoms with van der Waals surface area (Å²) in [6.45, 7) is 6.01. The molecule has 2 unspecified atom stereocenters. The molecule has 28 heavy (non-hydrogen) atoms. The fourth-order valence-electron chi connectivity index (χ4n) is 3.95. The Balaban J connectivity index is 0.00000392. The van der Waals surface area contributed by atoms with E-state index >= 15 is 0 Å². The normalized spacial score (nSPS) is 12.9. The number of hydrogen-bond donors (Lipinski definition) is 0. The van der Waals surface area contributed by atoms with Crippen LogP contribution < -0.4 is 21.5 Å². The van der Waals surface area contributed by atoms with Crippen molar-refractivity contribution in [2.24, 2.45) is 11.8 Å². The van der Waals surface area contributed by atoms with E-state index in [1.165, 1.54) is 69.8 Å². The summed E-state index contributed by atoms with van der Waals surface area (Å²) >= 11 is 0. The molecular weight excluding hydrogens is 408 g/mol. The third kappa shape index (κ3) is 11.6. The summed E-state index contributed by atoms with van der Waals surface area (Å²) < 4.78 is 2.30. The smallest absolute Gasteiger partial charge is 0.168 e. The molecule has 0 aliphatic rings. The molecule has 0 spiro atoms. The first-order valence-corrected chi connectivity index (χ1v) is 11.1. The van der Waals surface area contributed by atoms with Gasteiger partial charge in [-0.05, 0) is 42.7 Å². The zero-order valence-electron chi connectivity index (χ0n) is 17.9. The van der Waals surface area contributed by atoms with Gasteiger partial charge in [-0.25, -0.2) is 4.57 Å². The number of hydrogen-bond acceptors (Lipinski definition) is 1. The van der Waals surface area contributed by atoms with E-state index in [0.29, 0.717) is 0 Å². The molecule has 0 fully saturated rings. The molecule has 0 aliphatic heterocycles.